The summed E-state index contributed by atoms with van der Waals surface area (Å²) in [6, 6.07) is 0. The summed E-state index contributed by atoms with van der Waals surface area (Å²) in [5, 5.41) is 0. The molecule has 0 radical (unpaired) electrons. The fraction of sp³-hybridized carbons (Fsp3) is 1.00. The van der Waals surface area contributed by atoms with Gasteiger partial charge in [-0.1, -0.05) is 0 Å². The molecule has 9 heteroatoms. The molecule has 0 spiro atoms. The Kier molecular flexibility index (Phi) is 22.8. The molecule has 0 aliphatic rings. The predicted octanol–water partition coefficient (Wildman–Crippen LogP) is 0.807. The number of rotatable bonds is 4. The molecular formula is C4H14FeO6P2. The first kappa shape index (κ1) is 19.4. The zero-order valence-corrected chi connectivity index (χ0v) is 10.4. The van der Waals surface area contributed by atoms with Gasteiger partial charge in [0.1, 0.15) is 0 Å². The third-order valence-corrected chi connectivity index (χ3v) is 1.61. The van der Waals surface area contributed by atoms with Crippen molar-refractivity contribution in [1.82, 2.24) is 0 Å². The first-order valence-electron chi connectivity index (χ1n) is 3.26. The zero-order chi connectivity index (χ0) is 9.98. The third kappa shape index (κ3) is 32.3. The molecule has 6 nitrogen and oxygen atoms in total. The summed E-state index contributed by atoms with van der Waals surface area (Å²) in [6.45, 7) is 3.96. The minimum Gasteiger partial charge on any atom is -0.326 e. The van der Waals surface area contributed by atoms with Gasteiger partial charge in [-0.15, -0.1) is 0 Å². The second kappa shape index (κ2) is 15.3. The van der Waals surface area contributed by atoms with Crippen molar-refractivity contribution in [2.75, 3.05) is 13.2 Å². The van der Waals surface area contributed by atoms with Gasteiger partial charge in [-0.3, -0.25) is 9.13 Å². The molecule has 84 valence electrons. The van der Waals surface area contributed by atoms with E-state index >= 15 is 0 Å². The number of hydrogen-bond acceptors (Lipinski definition) is 4. The maximum atomic E-state index is 9.56. The smallest absolute Gasteiger partial charge is 0.316 e. The van der Waals surface area contributed by atoms with Gasteiger partial charge in [0, 0.05) is 17.1 Å². The fourth-order valence-electron chi connectivity index (χ4n) is 0.247. The molecule has 0 fully saturated rings. The monoisotopic (exact) mass is 276 g/mol. The van der Waals surface area contributed by atoms with E-state index in [1.165, 1.54) is 0 Å². The molecule has 0 heterocycles. The summed E-state index contributed by atoms with van der Waals surface area (Å²) >= 11 is 0. The Morgan fingerprint density at radius 2 is 1.23 bits per heavy atom. The van der Waals surface area contributed by atoms with E-state index in [0.29, 0.717) is 13.2 Å². The van der Waals surface area contributed by atoms with Gasteiger partial charge in [0.05, 0.1) is 13.2 Å². The van der Waals surface area contributed by atoms with Crippen molar-refractivity contribution in [2.24, 2.45) is 0 Å². The molecule has 0 saturated heterocycles. The molecule has 0 aromatic rings. The van der Waals surface area contributed by atoms with Gasteiger partial charge in [0.2, 0.25) is 0 Å². The standard InChI is InChI=1S/2C2H7O3P.Fe/c2*1-2-5-6(3)4;/h2*6H,2H2,1H3,(H,3,4);. The molecule has 0 amide bonds. The molecule has 0 rings (SSSR count). The molecular weight excluding hydrogens is 262 g/mol. The van der Waals surface area contributed by atoms with Gasteiger partial charge >= 0.3 is 16.5 Å². The van der Waals surface area contributed by atoms with E-state index in [2.05, 4.69) is 9.05 Å². The second-order valence-corrected chi connectivity index (χ2v) is 3.04. The maximum Gasteiger partial charge on any atom is 0.316 e. The van der Waals surface area contributed by atoms with E-state index < -0.39 is 16.5 Å². The van der Waals surface area contributed by atoms with Gasteiger partial charge in [-0.2, -0.15) is 0 Å². The summed E-state index contributed by atoms with van der Waals surface area (Å²) in [6.07, 6.45) is 0. The first-order chi connectivity index (χ1) is 5.54. The normalized spacial score (nSPS) is 13.2. The molecule has 0 aromatic carbocycles. The van der Waals surface area contributed by atoms with E-state index in [1.54, 1.807) is 13.8 Å². The van der Waals surface area contributed by atoms with E-state index in [-0.39, 0.29) is 17.1 Å². The summed E-state index contributed by atoms with van der Waals surface area (Å²) < 4.78 is 27.4. The summed E-state index contributed by atoms with van der Waals surface area (Å²) in [5.41, 5.74) is 0. The Labute approximate surface area is 89.0 Å². The quantitative estimate of drug-likeness (QED) is 0.583. The van der Waals surface area contributed by atoms with Crippen LogP contribution in [0.15, 0.2) is 0 Å². The van der Waals surface area contributed by atoms with Crippen LogP contribution in [-0.2, 0) is 35.2 Å². The van der Waals surface area contributed by atoms with Crippen molar-refractivity contribution in [3.05, 3.63) is 0 Å². The van der Waals surface area contributed by atoms with Gasteiger partial charge < -0.3 is 18.8 Å². The molecule has 0 saturated carbocycles. The summed E-state index contributed by atoms with van der Waals surface area (Å²) in [4.78, 5) is 15.8. The van der Waals surface area contributed by atoms with E-state index in [0.717, 1.165) is 0 Å². The van der Waals surface area contributed by atoms with Crippen LogP contribution >= 0.6 is 16.5 Å². The largest absolute Gasteiger partial charge is 0.326 e. The van der Waals surface area contributed by atoms with E-state index in [1.807, 2.05) is 0 Å². The van der Waals surface area contributed by atoms with Crippen LogP contribution < -0.4 is 0 Å². The van der Waals surface area contributed by atoms with Gasteiger partial charge in [-0.25, -0.2) is 0 Å². The van der Waals surface area contributed by atoms with E-state index in [9.17, 15) is 9.13 Å². The van der Waals surface area contributed by atoms with Crippen LogP contribution in [0.3, 0.4) is 0 Å². The van der Waals surface area contributed by atoms with Crippen LogP contribution in [0.25, 0.3) is 0 Å². The Bertz CT molecular complexity index is 127. The molecule has 2 atom stereocenters. The maximum absolute atomic E-state index is 9.56. The average Bonchev–Trinajstić information content (AvgIpc) is 1.87. The molecule has 2 unspecified atom stereocenters. The van der Waals surface area contributed by atoms with Crippen molar-refractivity contribution in [1.29, 1.82) is 0 Å². The van der Waals surface area contributed by atoms with Crippen molar-refractivity contribution in [3.8, 4) is 0 Å². The van der Waals surface area contributed by atoms with Crippen LogP contribution in [0, 0.1) is 0 Å². The zero-order valence-electron chi connectivity index (χ0n) is 7.30. The van der Waals surface area contributed by atoms with Gasteiger partial charge in [-0.05, 0) is 13.8 Å². The van der Waals surface area contributed by atoms with Gasteiger partial charge in [0.15, 0.2) is 0 Å². The minimum absolute atomic E-state index is 0. The SMILES string of the molecule is CCO[PH](=O)O.CCO[PH](=O)O.[Fe]. The molecule has 0 aliphatic carbocycles. The van der Waals surface area contributed by atoms with Crippen LogP contribution in [0.5, 0.6) is 0 Å². The van der Waals surface area contributed by atoms with Crippen molar-refractivity contribution in [2.45, 2.75) is 13.8 Å². The second-order valence-electron chi connectivity index (χ2n) is 1.40. The van der Waals surface area contributed by atoms with Crippen LogP contribution in [0.2, 0.25) is 0 Å². The van der Waals surface area contributed by atoms with Crippen molar-refractivity contribution >= 4 is 16.5 Å². The predicted molar refractivity (Wildman–Crippen MR) is 45.7 cm³/mol. The molecule has 0 aromatic heterocycles. The third-order valence-electron chi connectivity index (χ3n) is 0.536. The van der Waals surface area contributed by atoms with Gasteiger partial charge in [0.25, 0.3) is 0 Å². The Morgan fingerprint density at radius 3 is 1.23 bits per heavy atom. The number of hydrogen-bond donors (Lipinski definition) is 2. The van der Waals surface area contributed by atoms with Crippen molar-refractivity contribution in [3.63, 3.8) is 0 Å². The van der Waals surface area contributed by atoms with Crippen molar-refractivity contribution < 1.29 is 45.0 Å². The Balaban J connectivity index is -0.000000143. The molecule has 13 heavy (non-hydrogen) atoms. The average molecular weight is 276 g/mol. The molecule has 0 bridgehead atoms. The summed E-state index contributed by atoms with van der Waals surface area (Å²) in [7, 11) is -5.27. The van der Waals surface area contributed by atoms with Crippen LogP contribution in [-0.4, -0.2) is 23.0 Å². The molecule has 0 aliphatic heterocycles. The minimum atomic E-state index is -2.64. The van der Waals surface area contributed by atoms with E-state index in [4.69, 9.17) is 9.79 Å². The van der Waals surface area contributed by atoms with Crippen LogP contribution in [0.4, 0.5) is 0 Å². The molecule has 2 N–H and O–H groups in total. The van der Waals surface area contributed by atoms with Crippen LogP contribution in [0.1, 0.15) is 13.8 Å². The summed E-state index contributed by atoms with van der Waals surface area (Å²) in [5.74, 6) is 0. The fourth-order valence-corrected chi connectivity index (χ4v) is 0.741. The Hall–Kier alpha value is 0.819. The first-order valence-corrected chi connectivity index (χ1v) is 5.78. The Morgan fingerprint density at radius 1 is 1.00 bits per heavy atom. The topological polar surface area (TPSA) is 93.1 Å².